The van der Waals surface area contributed by atoms with Crippen LogP contribution in [0.25, 0.3) is 22.1 Å². The third-order valence-electron chi connectivity index (χ3n) is 11.1. The molecule has 62 heavy (non-hydrogen) atoms. The Morgan fingerprint density at radius 1 is 0.677 bits per heavy atom. The van der Waals surface area contributed by atoms with Crippen molar-refractivity contribution < 1.29 is 28.7 Å². The number of anilines is 4. The van der Waals surface area contributed by atoms with Crippen molar-refractivity contribution >= 4 is 57.6 Å². The molecule has 3 aliphatic rings. The van der Waals surface area contributed by atoms with Crippen molar-refractivity contribution in [3.8, 4) is 11.5 Å². The molecule has 0 amide bonds. The smallest absolute Gasteiger partial charge is 0.373 e. The molecule has 2 aromatic carbocycles. The minimum atomic E-state index is 0.250. The zero-order valence-electron chi connectivity index (χ0n) is 36.2. The molecule has 326 valence electrons. The third-order valence-corrected chi connectivity index (χ3v) is 11.1. The Morgan fingerprint density at radius 3 is 1.58 bits per heavy atom. The van der Waals surface area contributed by atoms with Crippen molar-refractivity contribution in [2.45, 2.75) is 78.6 Å². The van der Waals surface area contributed by atoms with E-state index < -0.39 is 0 Å². The van der Waals surface area contributed by atoms with Gasteiger partial charge < -0.3 is 29.9 Å². The van der Waals surface area contributed by atoms with Crippen molar-refractivity contribution in [1.29, 1.82) is 0 Å². The number of methoxy groups -OCH3 is 2. The number of hydrogen-bond acceptors (Lipinski definition) is 16. The molecule has 0 unspecified atom stereocenters. The van der Waals surface area contributed by atoms with Crippen LogP contribution in [0.2, 0.25) is 0 Å². The number of benzene rings is 2. The molecule has 0 atom stereocenters. The van der Waals surface area contributed by atoms with Gasteiger partial charge in [0, 0.05) is 51.7 Å². The van der Waals surface area contributed by atoms with Crippen molar-refractivity contribution in [3.05, 3.63) is 71.3 Å². The first-order valence-electron chi connectivity index (χ1n) is 20.7. The molecule has 2 aliphatic heterocycles. The van der Waals surface area contributed by atoms with Gasteiger partial charge in [-0.25, -0.2) is 19.3 Å². The number of fused-ring (bicyclic) bond motifs is 4. The summed E-state index contributed by atoms with van der Waals surface area (Å²) < 4.78 is 15.2. The van der Waals surface area contributed by atoms with E-state index in [-0.39, 0.29) is 12.3 Å². The molecule has 9 rings (SSSR count). The number of aromatic nitrogens is 8. The Balaban J connectivity index is 0.000000184. The fourth-order valence-corrected chi connectivity index (χ4v) is 8.13. The molecular formula is C44H54N12O6. The van der Waals surface area contributed by atoms with Gasteiger partial charge in [0.15, 0.2) is 11.3 Å². The van der Waals surface area contributed by atoms with E-state index in [9.17, 15) is 0 Å². The fourth-order valence-electron chi connectivity index (χ4n) is 8.13. The molecule has 1 fully saturated rings. The van der Waals surface area contributed by atoms with Gasteiger partial charge in [0.1, 0.15) is 11.5 Å². The Hall–Kier alpha value is -6.58. The van der Waals surface area contributed by atoms with Crippen LogP contribution in [0.4, 0.5) is 23.3 Å². The van der Waals surface area contributed by atoms with Crippen LogP contribution in [0.3, 0.4) is 0 Å². The van der Waals surface area contributed by atoms with E-state index in [0.29, 0.717) is 23.7 Å². The quantitative estimate of drug-likeness (QED) is 0.167. The van der Waals surface area contributed by atoms with Gasteiger partial charge in [0.25, 0.3) is 0 Å². The largest absolute Gasteiger partial charge is 0.495 e. The summed E-state index contributed by atoms with van der Waals surface area (Å²) in [5.74, 6) is 3.98. The third kappa shape index (κ3) is 11.2. The van der Waals surface area contributed by atoms with Gasteiger partial charge in [0.05, 0.1) is 48.8 Å². The lowest BCUT2D eigenvalue weighted by Gasteiger charge is -2.26. The Morgan fingerprint density at radius 2 is 1.13 bits per heavy atom. The molecule has 0 bridgehead atoms. The molecule has 2 N–H and O–H groups in total. The van der Waals surface area contributed by atoms with Gasteiger partial charge in [0.2, 0.25) is 11.9 Å². The molecule has 0 radical (unpaired) electrons. The number of likely N-dealkylation sites (N-methyl/N-ethyl adjacent to an activating group) is 2. The number of hydrogen-bond donors (Lipinski definition) is 2. The molecule has 18 heteroatoms. The molecule has 6 aromatic rings. The number of ether oxygens (including phenoxy) is 2. The summed E-state index contributed by atoms with van der Waals surface area (Å²) in [7, 11) is 7.71. The first kappa shape index (κ1) is 45.0. The van der Waals surface area contributed by atoms with E-state index in [1.165, 1.54) is 47.9 Å². The molecule has 6 heterocycles. The lowest BCUT2D eigenvalue weighted by Crippen LogP contribution is -2.26. The van der Waals surface area contributed by atoms with Crippen molar-refractivity contribution in [3.63, 3.8) is 0 Å². The van der Waals surface area contributed by atoms with Crippen LogP contribution >= 0.6 is 0 Å². The van der Waals surface area contributed by atoms with Crippen molar-refractivity contribution in [2.24, 2.45) is 11.8 Å². The monoisotopic (exact) mass is 846 g/mol. The standard InChI is InChI=1S/C22H28N6O.C20H26N6O.2CO2/c1-27-8-7-16-10-20(29-2)19(9-17(16)14-27)25-22-23-11-18-12-24-28(21(18)26-22)13-15-5-3-4-6-15;1-13(2)11-26-19-16(10-22-26)9-21-20(24-19)23-17-7-15-12-25(3)6-5-14(15)8-18(17)27-4;2*2-1-3/h9-12,15H,3-8,13-14H2,1-2H3,(H,23,25,26);7-10,13H,5-6,11-12H2,1-4H3,(H,21,23,24);;. The van der Waals surface area contributed by atoms with E-state index in [2.05, 4.69) is 92.8 Å². The Labute approximate surface area is 360 Å². The highest BCUT2D eigenvalue weighted by molar-refractivity contribution is 5.77. The van der Waals surface area contributed by atoms with Crippen LogP contribution in [0, 0.1) is 11.8 Å². The number of nitrogens with one attached hydrogen (secondary N) is 2. The van der Waals surface area contributed by atoms with E-state index in [1.807, 2.05) is 34.2 Å². The van der Waals surface area contributed by atoms with Gasteiger partial charge in [-0.3, -0.25) is 0 Å². The summed E-state index contributed by atoms with van der Waals surface area (Å²) in [4.78, 5) is 55.6. The molecule has 18 nitrogen and oxygen atoms in total. The second kappa shape index (κ2) is 21.3. The van der Waals surface area contributed by atoms with E-state index in [0.717, 1.165) is 97.1 Å². The SMILES string of the molecule is COc1cc2c(cc1Nc1ncc3cnn(CC(C)C)c3n1)CN(C)CC2.COc1cc2c(cc1Nc1ncc3cnn(CC4CCCC4)c3n1)CN(C)CC2.O=C=O.O=C=O. The Bertz CT molecular complexity index is 2510. The average Bonchev–Trinajstić information content (AvgIpc) is 4.02. The highest BCUT2D eigenvalue weighted by Crippen LogP contribution is 2.35. The average molecular weight is 847 g/mol. The van der Waals surface area contributed by atoms with E-state index in [4.69, 9.17) is 38.6 Å². The highest BCUT2D eigenvalue weighted by Gasteiger charge is 2.21. The van der Waals surface area contributed by atoms with Crippen molar-refractivity contribution in [1.82, 2.24) is 49.3 Å². The zero-order valence-corrected chi connectivity index (χ0v) is 36.2. The summed E-state index contributed by atoms with van der Waals surface area (Å²) in [6.45, 7) is 10.1. The Kier molecular flexibility index (Phi) is 15.4. The summed E-state index contributed by atoms with van der Waals surface area (Å²) in [5, 5.41) is 17.7. The molecule has 4 aromatic heterocycles. The van der Waals surface area contributed by atoms with Crippen LogP contribution in [0.1, 0.15) is 61.8 Å². The lowest BCUT2D eigenvalue weighted by atomic mass is 9.99. The summed E-state index contributed by atoms with van der Waals surface area (Å²) in [5.41, 5.74) is 8.89. The van der Waals surface area contributed by atoms with Gasteiger partial charge in [-0.1, -0.05) is 26.7 Å². The molecule has 1 saturated carbocycles. The van der Waals surface area contributed by atoms with E-state index >= 15 is 0 Å². The first-order chi connectivity index (χ1) is 30.0. The van der Waals surface area contributed by atoms with Gasteiger partial charge >= 0.3 is 12.3 Å². The fraction of sp³-hybridized carbons (Fsp3) is 0.455. The summed E-state index contributed by atoms with van der Waals surface area (Å²) in [6.07, 6.45) is 15.2. The maximum Gasteiger partial charge on any atom is 0.373 e. The minimum Gasteiger partial charge on any atom is -0.495 e. The molecular weight excluding hydrogens is 793 g/mol. The maximum atomic E-state index is 8.12. The van der Waals surface area contributed by atoms with Crippen LogP contribution in [0.15, 0.2) is 49.1 Å². The van der Waals surface area contributed by atoms with Gasteiger partial charge in [-0.2, -0.15) is 39.3 Å². The van der Waals surface area contributed by atoms with Crippen LogP contribution in [0.5, 0.6) is 11.5 Å². The summed E-state index contributed by atoms with van der Waals surface area (Å²) in [6, 6.07) is 8.61. The van der Waals surface area contributed by atoms with Gasteiger partial charge in [-0.05, 0) is 98.1 Å². The second-order valence-corrected chi connectivity index (χ2v) is 16.2. The number of rotatable bonds is 10. The predicted octanol–water partition coefficient (Wildman–Crippen LogP) is 5.81. The molecule has 0 saturated heterocycles. The second-order valence-electron chi connectivity index (χ2n) is 16.2. The van der Waals surface area contributed by atoms with Gasteiger partial charge in [-0.15, -0.1) is 0 Å². The maximum absolute atomic E-state index is 8.12. The highest BCUT2D eigenvalue weighted by atomic mass is 16.5. The normalized spacial score (nSPS) is 14.8. The van der Waals surface area contributed by atoms with E-state index in [1.54, 1.807) is 14.2 Å². The van der Waals surface area contributed by atoms with Crippen LogP contribution < -0.4 is 20.1 Å². The molecule has 1 aliphatic carbocycles. The predicted molar refractivity (Wildman–Crippen MR) is 230 cm³/mol. The first-order valence-corrected chi connectivity index (χ1v) is 20.7. The minimum absolute atomic E-state index is 0.250. The molecule has 0 spiro atoms. The van der Waals surface area contributed by atoms with Crippen LogP contribution in [-0.4, -0.2) is 103 Å². The van der Waals surface area contributed by atoms with Crippen molar-refractivity contribution in [2.75, 3.05) is 52.0 Å². The summed E-state index contributed by atoms with van der Waals surface area (Å²) >= 11 is 0. The number of nitrogens with zero attached hydrogens (tertiary/aromatic N) is 10. The van der Waals surface area contributed by atoms with Crippen LogP contribution in [-0.2, 0) is 58.2 Å². The lowest BCUT2D eigenvalue weighted by molar-refractivity contribution is -0.193. The topological polar surface area (TPSA) is 204 Å². The number of carbonyl (C=O) groups excluding carboxylic acids is 4. The zero-order chi connectivity index (χ0) is 44.2.